The van der Waals surface area contributed by atoms with Gasteiger partial charge in [0.15, 0.2) is 0 Å². The summed E-state index contributed by atoms with van der Waals surface area (Å²) in [5, 5.41) is 0. The van der Waals surface area contributed by atoms with E-state index >= 15 is 0 Å². The third-order valence-electron chi connectivity index (χ3n) is 3.58. The molecular formula is C16H26N2O. The van der Waals surface area contributed by atoms with Gasteiger partial charge in [0.2, 0.25) is 0 Å². The first-order valence-corrected chi connectivity index (χ1v) is 7.23. The fourth-order valence-corrected chi connectivity index (χ4v) is 2.64. The lowest BCUT2D eigenvalue weighted by Crippen LogP contribution is -2.31. The largest absolute Gasteiger partial charge is 0.496 e. The summed E-state index contributed by atoms with van der Waals surface area (Å²) in [6.07, 6.45) is 2.59. The number of benzene rings is 1. The highest BCUT2D eigenvalue weighted by atomic mass is 16.5. The third kappa shape index (κ3) is 3.21. The highest BCUT2D eigenvalue weighted by Crippen LogP contribution is 2.39. The van der Waals surface area contributed by atoms with Crippen molar-refractivity contribution in [1.29, 1.82) is 0 Å². The van der Waals surface area contributed by atoms with E-state index in [9.17, 15) is 0 Å². The van der Waals surface area contributed by atoms with E-state index in [4.69, 9.17) is 10.5 Å². The molecule has 1 aliphatic carbocycles. The number of methoxy groups -OCH3 is 1. The van der Waals surface area contributed by atoms with Crippen molar-refractivity contribution in [2.24, 2.45) is 11.7 Å². The Bertz CT molecular complexity index is 425. The molecular weight excluding hydrogens is 236 g/mol. The standard InChI is InChI=1S/C16H26N2O/c1-11(2)10-18(13-8-9-13)14-6-5-7-15(19-4)16(14)12(3)17/h5-7,11-13H,8-10,17H2,1-4H3/t12-/m0/s1. The van der Waals surface area contributed by atoms with Crippen LogP contribution in [0.3, 0.4) is 0 Å². The zero-order chi connectivity index (χ0) is 14.0. The molecule has 3 nitrogen and oxygen atoms in total. The van der Waals surface area contributed by atoms with Gasteiger partial charge in [0.05, 0.1) is 7.11 Å². The van der Waals surface area contributed by atoms with Crippen LogP contribution in [0.2, 0.25) is 0 Å². The van der Waals surface area contributed by atoms with Gasteiger partial charge in [-0.2, -0.15) is 0 Å². The van der Waals surface area contributed by atoms with Crippen LogP contribution in [-0.4, -0.2) is 19.7 Å². The minimum Gasteiger partial charge on any atom is -0.496 e. The van der Waals surface area contributed by atoms with Gasteiger partial charge in [-0.1, -0.05) is 19.9 Å². The second kappa shape index (κ2) is 5.83. The average molecular weight is 262 g/mol. The van der Waals surface area contributed by atoms with Gasteiger partial charge in [-0.3, -0.25) is 0 Å². The Balaban J connectivity index is 2.40. The molecule has 1 saturated carbocycles. The fourth-order valence-electron chi connectivity index (χ4n) is 2.64. The summed E-state index contributed by atoms with van der Waals surface area (Å²) in [6, 6.07) is 6.92. The van der Waals surface area contributed by atoms with Crippen LogP contribution in [0.5, 0.6) is 5.75 Å². The molecule has 0 spiro atoms. The summed E-state index contributed by atoms with van der Waals surface area (Å²) in [5.74, 6) is 1.55. The topological polar surface area (TPSA) is 38.5 Å². The van der Waals surface area contributed by atoms with Crippen LogP contribution in [0.25, 0.3) is 0 Å². The molecule has 19 heavy (non-hydrogen) atoms. The maximum absolute atomic E-state index is 6.17. The SMILES string of the molecule is COc1cccc(N(CC(C)C)C2CC2)c1[C@H](C)N. The van der Waals surface area contributed by atoms with Crippen molar-refractivity contribution < 1.29 is 4.74 Å². The van der Waals surface area contributed by atoms with E-state index in [1.165, 1.54) is 18.5 Å². The Morgan fingerprint density at radius 2 is 2.00 bits per heavy atom. The first-order valence-electron chi connectivity index (χ1n) is 7.23. The van der Waals surface area contributed by atoms with Gasteiger partial charge in [-0.15, -0.1) is 0 Å². The molecule has 0 heterocycles. The summed E-state index contributed by atoms with van der Waals surface area (Å²) in [6.45, 7) is 7.64. The van der Waals surface area contributed by atoms with E-state index in [2.05, 4.69) is 30.9 Å². The van der Waals surface area contributed by atoms with Crippen molar-refractivity contribution in [3.8, 4) is 5.75 Å². The Morgan fingerprint density at radius 1 is 1.32 bits per heavy atom. The van der Waals surface area contributed by atoms with Gasteiger partial charge >= 0.3 is 0 Å². The third-order valence-corrected chi connectivity index (χ3v) is 3.58. The summed E-state index contributed by atoms with van der Waals surface area (Å²) in [7, 11) is 1.72. The Hall–Kier alpha value is -1.22. The first kappa shape index (κ1) is 14.2. The maximum Gasteiger partial charge on any atom is 0.125 e. The van der Waals surface area contributed by atoms with Crippen LogP contribution in [0.4, 0.5) is 5.69 Å². The van der Waals surface area contributed by atoms with E-state index in [1.54, 1.807) is 7.11 Å². The number of nitrogens with two attached hydrogens (primary N) is 1. The van der Waals surface area contributed by atoms with Gasteiger partial charge in [0, 0.05) is 29.9 Å². The van der Waals surface area contributed by atoms with Crippen molar-refractivity contribution in [3.63, 3.8) is 0 Å². The molecule has 0 aliphatic heterocycles. The van der Waals surface area contributed by atoms with E-state index in [1.807, 2.05) is 13.0 Å². The fraction of sp³-hybridized carbons (Fsp3) is 0.625. The molecule has 0 saturated heterocycles. The van der Waals surface area contributed by atoms with Crippen molar-refractivity contribution in [2.45, 2.75) is 45.7 Å². The smallest absolute Gasteiger partial charge is 0.125 e. The molecule has 1 atom stereocenters. The maximum atomic E-state index is 6.17. The van der Waals surface area contributed by atoms with Crippen LogP contribution in [0.1, 0.15) is 45.2 Å². The number of hydrogen-bond acceptors (Lipinski definition) is 3. The normalized spacial score (nSPS) is 16.5. The van der Waals surface area contributed by atoms with Gasteiger partial charge in [0.1, 0.15) is 5.75 Å². The molecule has 106 valence electrons. The second-order valence-electron chi connectivity index (χ2n) is 5.96. The zero-order valence-electron chi connectivity index (χ0n) is 12.5. The lowest BCUT2D eigenvalue weighted by atomic mass is 10.0. The van der Waals surface area contributed by atoms with Crippen molar-refractivity contribution >= 4 is 5.69 Å². The molecule has 0 unspecified atom stereocenters. The quantitative estimate of drug-likeness (QED) is 0.854. The molecule has 1 aliphatic rings. The minimum atomic E-state index is -0.0143. The molecule has 3 heteroatoms. The minimum absolute atomic E-state index is 0.0143. The van der Waals surface area contributed by atoms with Gasteiger partial charge in [-0.25, -0.2) is 0 Å². The molecule has 0 amide bonds. The average Bonchev–Trinajstić information content (AvgIpc) is 3.18. The highest BCUT2D eigenvalue weighted by Gasteiger charge is 2.31. The number of hydrogen-bond donors (Lipinski definition) is 1. The molecule has 0 aromatic heterocycles. The molecule has 2 rings (SSSR count). The Labute approximate surface area is 116 Å². The highest BCUT2D eigenvalue weighted by molar-refractivity contribution is 5.62. The number of anilines is 1. The van der Waals surface area contributed by atoms with Crippen LogP contribution in [-0.2, 0) is 0 Å². The van der Waals surface area contributed by atoms with Crippen molar-refractivity contribution in [1.82, 2.24) is 0 Å². The predicted octanol–water partition coefficient (Wildman–Crippen LogP) is 3.34. The van der Waals surface area contributed by atoms with E-state index in [0.717, 1.165) is 17.9 Å². The van der Waals surface area contributed by atoms with Gasteiger partial charge in [0.25, 0.3) is 0 Å². The van der Waals surface area contributed by atoms with Crippen molar-refractivity contribution in [2.75, 3.05) is 18.6 Å². The van der Waals surface area contributed by atoms with E-state index < -0.39 is 0 Å². The van der Waals surface area contributed by atoms with E-state index in [-0.39, 0.29) is 6.04 Å². The molecule has 1 fully saturated rings. The summed E-state index contributed by atoms with van der Waals surface area (Å²) < 4.78 is 5.50. The van der Waals surface area contributed by atoms with Gasteiger partial charge < -0.3 is 15.4 Å². The lowest BCUT2D eigenvalue weighted by Gasteiger charge is -2.30. The lowest BCUT2D eigenvalue weighted by molar-refractivity contribution is 0.406. The van der Waals surface area contributed by atoms with Crippen LogP contribution >= 0.6 is 0 Å². The van der Waals surface area contributed by atoms with Crippen molar-refractivity contribution in [3.05, 3.63) is 23.8 Å². The molecule has 0 radical (unpaired) electrons. The van der Waals surface area contributed by atoms with Crippen LogP contribution < -0.4 is 15.4 Å². The summed E-state index contributed by atoms with van der Waals surface area (Å²) in [4.78, 5) is 2.52. The second-order valence-corrected chi connectivity index (χ2v) is 5.96. The monoisotopic (exact) mass is 262 g/mol. The van der Waals surface area contributed by atoms with E-state index in [0.29, 0.717) is 12.0 Å². The Morgan fingerprint density at radius 3 is 2.47 bits per heavy atom. The summed E-state index contributed by atoms with van der Waals surface area (Å²) >= 11 is 0. The number of ether oxygens (including phenoxy) is 1. The predicted molar refractivity (Wildman–Crippen MR) is 80.8 cm³/mol. The first-order chi connectivity index (χ1) is 9.04. The molecule has 2 N–H and O–H groups in total. The van der Waals surface area contributed by atoms with Gasteiger partial charge in [-0.05, 0) is 37.8 Å². The Kier molecular flexibility index (Phi) is 4.35. The molecule has 0 bridgehead atoms. The van der Waals surface area contributed by atoms with Crippen LogP contribution in [0, 0.1) is 5.92 Å². The zero-order valence-corrected chi connectivity index (χ0v) is 12.5. The van der Waals surface area contributed by atoms with Crippen LogP contribution in [0.15, 0.2) is 18.2 Å². The molecule has 1 aromatic rings. The number of nitrogens with zero attached hydrogens (tertiary/aromatic N) is 1. The molecule has 1 aromatic carbocycles. The summed E-state index contributed by atoms with van der Waals surface area (Å²) in [5.41, 5.74) is 8.57. The number of rotatable bonds is 6.